The van der Waals surface area contributed by atoms with Crippen molar-refractivity contribution in [2.45, 2.75) is 20.8 Å². The van der Waals surface area contributed by atoms with Crippen LogP contribution in [0.4, 0.5) is 5.69 Å². The standard InChI is InChI=1S/C13H15N5O4/c1-4-22-12-6-10(5-11(13(12)19)18(20)21)7-14-17-8(2)15-16-9(17)3/h5-7,19H,4H2,1-3H3/b14-7-. The van der Waals surface area contributed by atoms with Gasteiger partial charge in [-0.15, -0.1) is 10.2 Å². The van der Waals surface area contributed by atoms with Gasteiger partial charge in [0, 0.05) is 11.6 Å². The molecule has 0 aliphatic heterocycles. The third-order valence-corrected chi connectivity index (χ3v) is 2.85. The van der Waals surface area contributed by atoms with Gasteiger partial charge in [-0.3, -0.25) is 10.1 Å². The lowest BCUT2D eigenvalue weighted by molar-refractivity contribution is -0.386. The number of rotatable bonds is 5. The molecule has 0 unspecified atom stereocenters. The van der Waals surface area contributed by atoms with Crippen molar-refractivity contribution in [3.8, 4) is 11.5 Å². The molecular formula is C13H15N5O4. The molecule has 0 saturated carbocycles. The molecule has 1 aromatic heterocycles. The van der Waals surface area contributed by atoms with Crippen LogP contribution in [0.25, 0.3) is 0 Å². The van der Waals surface area contributed by atoms with Crippen molar-refractivity contribution >= 4 is 11.9 Å². The summed E-state index contributed by atoms with van der Waals surface area (Å²) in [7, 11) is 0. The average molecular weight is 305 g/mol. The number of hydrogen-bond donors (Lipinski definition) is 1. The Morgan fingerprint density at radius 3 is 2.59 bits per heavy atom. The first-order valence-corrected chi connectivity index (χ1v) is 6.51. The first kappa shape index (κ1) is 15.4. The third-order valence-electron chi connectivity index (χ3n) is 2.85. The molecule has 0 bridgehead atoms. The van der Waals surface area contributed by atoms with Crippen molar-refractivity contribution in [1.29, 1.82) is 0 Å². The van der Waals surface area contributed by atoms with Crippen molar-refractivity contribution in [3.05, 3.63) is 39.5 Å². The number of phenolic OH excluding ortho intramolecular Hbond substituents is 1. The molecule has 9 nitrogen and oxygen atoms in total. The zero-order chi connectivity index (χ0) is 16.3. The summed E-state index contributed by atoms with van der Waals surface area (Å²) >= 11 is 0. The summed E-state index contributed by atoms with van der Waals surface area (Å²) in [5.41, 5.74) is -0.0231. The lowest BCUT2D eigenvalue weighted by Gasteiger charge is -2.07. The summed E-state index contributed by atoms with van der Waals surface area (Å²) < 4.78 is 6.70. The highest BCUT2D eigenvalue weighted by Gasteiger charge is 2.19. The summed E-state index contributed by atoms with van der Waals surface area (Å²) in [6.07, 6.45) is 1.41. The van der Waals surface area contributed by atoms with Crippen LogP contribution in [0.15, 0.2) is 17.2 Å². The largest absolute Gasteiger partial charge is 0.500 e. The van der Waals surface area contributed by atoms with E-state index in [-0.39, 0.29) is 12.4 Å². The van der Waals surface area contributed by atoms with Gasteiger partial charge >= 0.3 is 5.69 Å². The fraction of sp³-hybridized carbons (Fsp3) is 0.308. The van der Waals surface area contributed by atoms with E-state index in [1.165, 1.54) is 23.0 Å². The molecule has 0 amide bonds. The molecule has 22 heavy (non-hydrogen) atoms. The molecule has 1 aromatic carbocycles. The summed E-state index contributed by atoms with van der Waals surface area (Å²) in [6, 6.07) is 2.70. The molecule has 1 N–H and O–H groups in total. The first-order valence-electron chi connectivity index (χ1n) is 6.51. The van der Waals surface area contributed by atoms with Crippen LogP contribution in [0.5, 0.6) is 11.5 Å². The van der Waals surface area contributed by atoms with Crippen LogP contribution in [-0.4, -0.2) is 37.7 Å². The summed E-state index contributed by atoms with van der Waals surface area (Å²) in [6.45, 7) is 5.47. The average Bonchev–Trinajstić information content (AvgIpc) is 2.78. The van der Waals surface area contributed by atoms with Crippen molar-refractivity contribution in [1.82, 2.24) is 14.9 Å². The minimum Gasteiger partial charge on any atom is -0.500 e. The molecule has 0 atom stereocenters. The Labute approximate surface area is 126 Å². The van der Waals surface area contributed by atoms with Gasteiger partial charge in [-0.05, 0) is 26.8 Å². The van der Waals surface area contributed by atoms with Crippen LogP contribution in [0, 0.1) is 24.0 Å². The van der Waals surface area contributed by atoms with E-state index in [1.807, 2.05) is 0 Å². The Morgan fingerprint density at radius 2 is 2.05 bits per heavy atom. The number of nitro benzene ring substituents is 1. The van der Waals surface area contributed by atoms with E-state index < -0.39 is 16.4 Å². The van der Waals surface area contributed by atoms with E-state index in [0.717, 1.165) is 0 Å². The van der Waals surface area contributed by atoms with Crippen molar-refractivity contribution < 1.29 is 14.8 Å². The van der Waals surface area contributed by atoms with Crippen LogP contribution in [0.1, 0.15) is 24.1 Å². The van der Waals surface area contributed by atoms with Gasteiger partial charge in [-0.2, -0.15) is 5.10 Å². The first-order chi connectivity index (χ1) is 10.4. The third kappa shape index (κ3) is 3.03. The van der Waals surface area contributed by atoms with Gasteiger partial charge in [0.05, 0.1) is 17.7 Å². The van der Waals surface area contributed by atoms with Gasteiger partial charge in [0.1, 0.15) is 0 Å². The minimum absolute atomic E-state index is 0.0374. The number of aromatic nitrogens is 3. The summed E-state index contributed by atoms with van der Waals surface area (Å²) in [4.78, 5) is 10.3. The number of ether oxygens (including phenoxy) is 1. The molecule has 2 rings (SSSR count). The molecule has 0 fully saturated rings. The van der Waals surface area contributed by atoms with Gasteiger partial charge in [0.15, 0.2) is 17.4 Å². The molecule has 0 spiro atoms. The molecule has 9 heteroatoms. The lowest BCUT2D eigenvalue weighted by atomic mass is 10.2. The van der Waals surface area contributed by atoms with Gasteiger partial charge in [-0.25, -0.2) is 4.68 Å². The maximum Gasteiger partial charge on any atom is 0.315 e. The molecule has 0 aliphatic rings. The molecule has 2 aromatic rings. The van der Waals surface area contributed by atoms with E-state index in [2.05, 4.69) is 15.3 Å². The number of aromatic hydroxyl groups is 1. The van der Waals surface area contributed by atoms with Crippen molar-refractivity contribution in [2.75, 3.05) is 6.61 Å². The zero-order valence-corrected chi connectivity index (χ0v) is 12.3. The van der Waals surface area contributed by atoms with E-state index in [9.17, 15) is 15.2 Å². The molecule has 0 saturated heterocycles. The Bertz CT molecular complexity index is 719. The highest BCUT2D eigenvalue weighted by molar-refractivity contribution is 5.83. The Hall–Kier alpha value is -2.97. The molecule has 116 valence electrons. The number of nitrogens with zero attached hydrogens (tertiary/aromatic N) is 5. The Kier molecular flexibility index (Phi) is 4.35. The monoisotopic (exact) mass is 305 g/mol. The predicted molar refractivity (Wildman–Crippen MR) is 78.4 cm³/mol. The van der Waals surface area contributed by atoms with Gasteiger partial charge in [0.25, 0.3) is 0 Å². The normalized spacial score (nSPS) is 11.0. The van der Waals surface area contributed by atoms with Crippen molar-refractivity contribution in [2.24, 2.45) is 5.10 Å². The maximum absolute atomic E-state index is 11.0. The number of hydrogen-bond acceptors (Lipinski definition) is 7. The maximum atomic E-state index is 11.0. The second kappa shape index (κ2) is 6.20. The number of phenols is 1. The predicted octanol–water partition coefficient (Wildman–Crippen LogP) is 1.79. The zero-order valence-electron chi connectivity index (χ0n) is 12.3. The van der Waals surface area contributed by atoms with Gasteiger partial charge in [0.2, 0.25) is 5.75 Å². The fourth-order valence-electron chi connectivity index (χ4n) is 1.85. The van der Waals surface area contributed by atoms with Gasteiger partial charge < -0.3 is 9.84 Å². The van der Waals surface area contributed by atoms with Crippen molar-refractivity contribution in [3.63, 3.8) is 0 Å². The van der Waals surface area contributed by atoms with E-state index in [4.69, 9.17) is 4.74 Å². The van der Waals surface area contributed by atoms with E-state index >= 15 is 0 Å². The molecule has 0 aliphatic carbocycles. The van der Waals surface area contributed by atoms with Crippen LogP contribution in [0.3, 0.4) is 0 Å². The number of aryl methyl sites for hydroxylation is 2. The van der Waals surface area contributed by atoms with Crippen LogP contribution in [0.2, 0.25) is 0 Å². The number of benzene rings is 1. The summed E-state index contributed by atoms with van der Waals surface area (Å²) in [5, 5.41) is 32.7. The fourth-order valence-corrected chi connectivity index (χ4v) is 1.85. The molecule has 0 radical (unpaired) electrons. The minimum atomic E-state index is -0.676. The highest BCUT2D eigenvalue weighted by atomic mass is 16.6. The number of nitro groups is 1. The van der Waals surface area contributed by atoms with Gasteiger partial charge in [-0.1, -0.05) is 0 Å². The second-order valence-corrected chi connectivity index (χ2v) is 4.43. The van der Waals surface area contributed by atoms with Crippen LogP contribution in [-0.2, 0) is 0 Å². The quantitative estimate of drug-likeness (QED) is 0.511. The highest BCUT2D eigenvalue weighted by Crippen LogP contribution is 2.36. The Morgan fingerprint density at radius 1 is 1.41 bits per heavy atom. The van der Waals surface area contributed by atoms with E-state index in [0.29, 0.717) is 17.2 Å². The van der Waals surface area contributed by atoms with Crippen LogP contribution >= 0.6 is 0 Å². The second-order valence-electron chi connectivity index (χ2n) is 4.43. The van der Waals surface area contributed by atoms with Crippen LogP contribution < -0.4 is 4.74 Å². The molecular weight excluding hydrogens is 290 g/mol. The summed E-state index contributed by atoms with van der Waals surface area (Å²) in [5.74, 6) is 0.718. The lowest BCUT2D eigenvalue weighted by Crippen LogP contribution is -1.99. The molecule has 1 heterocycles. The SMILES string of the molecule is CCOc1cc(/C=N\n2c(C)nnc2C)cc([N+](=O)[O-])c1O. The topological polar surface area (TPSA) is 116 Å². The smallest absolute Gasteiger partial charge is 0.315 e. The van der Waals surface area contributed by atoms with E-state index in [1.54, 1.807) is 20.8 Å². The Balaban J connectivity index is 2.45.